The molecule has 19 heavy (non-hydrogen) atoms. The summed E-state index contributed by atoms with van der Waals surface area (Å²) < 4.78 is 0. The zero-order valence-corrected chi connectivity index (χ0v) is 12.2. The van der Waals surface area contributed by atoms with Crippen molar-refractivity contribution in [3.8, 4) is 5.75 Å². The molecule has 1 aromatic rings. The molecule has 0 bridgehead atoms. The summed E-state index contributed by atoms with van der Waals surface area (Å²) in [7, 11) is 0. The van der Waals surface area contributed by atoms with Crippen molar-refractivity contribution < 1.29 is 15.0 Å². The van der Waals surface area contributed by atoms with Gasteiger partial charge in [0, 0.05) is 0 Å². The van der Waals surface area contributed by atoms with Crippen molar-refractivity contribution in [3.05, 3.63) is 29.8 Å². The van der Waals surface area contributed by atoms with E-state index in [1.807, 2.05) is 12.1 Å². The van der Waals surface area contributed by atoms with Crippen LogP contribution in [0.5, 0.6) is 5.75 Å². The average Bonchev–Trinajstić information content (AvgIpc) is 2.29. The van der Waals surface area contributed by atoms with Crippen LogP contribution in [-0.2, 0) is 11.2 Å². The molecule has 2 N–H and O–H groups in total. The number of carbonyl (C=O) groups is 1. The van der Waals surface area contributed by atoms with E-state index in [1.54, 1.807) is 19.1 Å². The molecule has 2 atom stereocenters. The van der Waals surface area contributed by atoms with E-state index in [1.165, 1.54) is 0 Å². The zero-order valence-electron chi connectivity index (χ0n) is 12.2. The Bertz CT molecular complexity index is 415. The van der Waals surface area contributed by atoms with E-state index in [0.717, 1.165) is 12.0 Å². The van der Waals surface area contributed by atoms with E-state index in [-0.39, 0.29) is 17.1 Å². The summed E-state index contributed by atoms with van der Waals surface area (Å²) in [6, 6.07) is 7.16. The summed E-state index contributed by atoms with van der Waals surface area (Å²) in [6.07, 6.45) is 1.50. The van der Waals surface area contributed by atoms with Crippen molar-refractivity contribution in [1.82, 2.24) is 0 Å². The fourth-order valence-corrected chi connectivity index (χ4v) is 2.19. The number of phenols is 1. The fourth-order valence-electron chi connectivity index (χ4n) is 2.19. The molecule has 0 amide bonds. The van der Waals surface area contributed by atoms with E-state index < -0.39 is 5.97 Å². The molecule has 0 radical (unpaired) electrons. The first-order chi connectivity index (χ1) is 8.70. The average molecular weight is 264 g/mol. The zero-order chi connectivity index (χ0) is 14.6. The molecule has 1 rings (SSSR count). The summed E-state index contributed by atoms with van der Waals surface area (Å²) in [5.74, 6) is -0.514. The van der Waals surface area contributed by atoms with Crippen LogP contribution in [-0.4, -0.2) is 16.2 Å². The minimum atomic E-state index is -0.736. The third kappa shape index (κ3) is 4.93. The summed E-state index contributed by atoms with van der Waals surface area (Å²) in [4.78, 5) is 11.0. The van der Waals surface area contributed by atoms with Gasteiger partial charge in [0.05, 0.1) is 5.92 Å². The van der Waals surface area contributed by atoms with Gasteiger partial charge in [0.15, 0.2) is 0 Å². The monoisotopic (exact) mass is 264 g/mol. The second-order valence-corrected chi connectivity index (χ2v) is 6.41. The summed E-state index contributed by atoms with van der Waals surface area (Å²) in [5.41, 5.74) is 1.19. The van der Waals surface area contributed by atoms with Gasteiger partial charge in [-0.1, -0.05) is 39.8 Å². The molecule has 0 aliphatic rings. The Hall–Kier alpha value is -1.51. The minimum Gasteiger partial charge on any atom is -0.508 e. The Balaban J connectivity index is 2.81. The van der Waals surface area contributed by atoms with Crippen molar-refractivity contribution in [1.29, 1.82) is 0 Å². The third-order valence-corrected chi connectivity index (χ3v) is 3.70. The van der Waals surface area contributed by atoms with Gasteiger partial charge in [0.2, 0.25) is 0 Å². The number of aliphatic carboxylic acids is 1. The van der Waals surface area contributed by atoms with E-state index in [2.05, 4.69) is 20.8 Å². The molecule has 3 heteroatoms. The van der Waals surface area contributed by atoms with Gasteiger partial charge < -0.3 is 10.2 Å². The first kappa shape index (κ1) is 15.5. The molecule has 0 spiro atoms. The fraction of sp³-hybridized carbons (Fsp3) is 0.562. The molecule has 0 fully saturated rings. The van der Waals surface area contributed by atoms with Crippen LogP contribution in [0.4, 0.5) is 0 Å². The van der Waals surface area contributed by atoms with Crippen molar-refractivity contribution in [2.24, 2.45) is 17.3 Å². The SMILES string of the molecule is CC(CC(Cc1ccc(O)cc1)C(C)(C)C)C(=O)O. The van der Waals surface area contributed by atoms with Gasteiger partial charge >= 0.3 is 5.97 Å². The normalized spacial score (nSPS) is 14.9. The molecule has 0 heterocycles. The number of rotatable bonds is 5. The number of aromatic hydroxyl groups is 1. The lowest BCUT2D eigenvalue weighted by atomic mass is 9.73. The van der Waals surface area contributed by atoms with Gasteiger partial charge in [-0.3, -0.25) is 4.79 Å². The number of benzene rings is 1. The molecule has 0 aromatic heterocycles. The smallest absolute Gasteiger partial charge is 0.306 e. The molecule has 0 saturated heterocycles. The lowest BCUT2D eigenvalue weighted by molar-refractivity contribution is -0.142. The van der Waals surface area contributed by atoms with Crippen LogP contribution in [0.15, 0.2) is 24.3 Å². The van der Waals surface area contributed by atoms with E-state index in [0.29, 0.717) is 12.3 Å². The van der Waals surface area contributed by atoms with Gasteiger partial charge in [0.1, 0.15) is 5.75 Å². The third-order valence-electron chi connectivity index (χ3n) is 3.70. The Kier molecular flexibility index (Phi) is 4.98. The maximum Gasteiger partial charge on any atom is 0.306 e. The largest absolute Gasteiger partial charge is 0.508 e. The topological polar surface area (TPSA) is 57.5 Å². The van der Waals surface area contributed by atoms with Crippen molar-refractivity contribution in [3.63, 3.8) is 0 Å². The standard InChI is InChI=1S/C16H24O3/c1-11(15(18)19)9-13(16(2,3)4)10-12-5-7-14(17)8-6-12/h5-8,11,13,17H,9-10H2,1-4H3,(H,18,19). The van der Waals surface area contributed by atoms with Crippen molar-refractivity contribution in [2.75, 3.05) is 0 Å². The maximum atomic E-state index is 11.0. The molecule has 3 nitrogen and oxygen atoms in total. The number of phenolic OH excluding ortho intramolecular Hbond substituents is 1. The second kappa shape index (κ2) is 6.09. The quantitative estimate of drug-likeness (QED) is 0.852. The highest BCUT2D eigenvalue weighted by Crippen LogP contribution is 2.34. The molecule has 0 aliphatic carbocycles. The van der Waals surface area contributed by atoms with Crippen molar-refractivity contribution in [2.45, 2.75) is 40.5 Å². The number of hydrogen-bond donors (Lipinski definition) is 2. The lowest BCUT2D eigenvalue weighted by Crippen LogP contribution is -2.27. The Morgan fingerprint density at radius 3 is 2.16 bits per heavy atom. The molecule has 0 aliphatic heterocycles. The first-order valence-corrected chi connectivity index (χ1v) is 6.71. The van der Waals surface area contributed by atoms with Gasteiger partial charge in [-0.05, 0) is 41.9 Å². The van der Waals surface area contributed by atoms with Gasteiger partial charge in [-0.15, -0.1) is 0 Å². The molecule has 1 aromatic carbocycles. The van der Waals surface area contributed by atoms with Gasteiger partial charge in [-0.2, -0.15) is 0 Å². The van der Waals surface area contributed by atoms with Gasteiger partial charge in [-0.25, -0.2) is 0 Å². The summed E-state index contributed by atoms with van der Waals surface area (Å²) >= 11 is 0. The lowest BCUT2D eigenvalue weighted by Gasteiger charge is -2.32. The molecule has 106 valence electrons. The number of hydrogen-bond acceptors (Lipinski definition) is 2. The van der Waals surface area contributed by atoms with E-state index in [9.17, 15) is 9.90 Å². The molecular formula is C16H24O3. The van der Waals surface area contributed by atoms with Crippen LogP contribution in [0.25, 0.3) is 0 Å². The molecule has 2 unspecified atom stereocenters. The van der Waals surface area contributed by atoms with E-state index in [4.69, 9.17) is 5.11 Å². The van der Waals surface area contributed by atoms with Crippen LogP contribution in [0, 0.1) is 17.3 Å². The summed E-state index contributed by atoms with van der Waals surface area (Å²) in [5, 5.41) is 18.4. The van der Waals surface area contributed by atoms with Crippen molar-refractivity contribution >= 4 is 5.97 Å². The second-order valence-electron chi connectivity index (χ2n) is 6.41. The first-order valence-electron chi connectivity index (χ1n) is 6.71. The number of carboxylic acids is 1. The Morgan fingerprint density at radius 2 is 1.74 bits per heavy atom. The molecular weight excluding hydrogens is 240 g/mol. The van der Waals surface area contributed by atoms with Crippen LogP contribution in [0.2, 0.25) is 0 Å². The highest BCUT2D eigenvalue weighted by atomic mass is 16.4. The van der Waals surface area contributed by atoms with Crippen LogP contribution in [0.1, 0.15) is 39.7 Å². The Labute approximate surface area is 115 Å². The van der Waals surface area contributed by atoms with Crippen LogP contribution < -0.4 is 0 Å². The highest BCUT2D eigenvalue weighted by molar-refractivity contribution is 5.69. The predicted octanol–water partition coefficient (Wildman–Crippen LogP) is 3.71. The van der Waals surface area contributed by atoms with Gasteiger partial charge in [0.25, 0.3) is 0 Å². The van der Waals surface area contributed by atoms with Crippen LogP contribution in [0.3, 0.4) is 0 Å². The highest BCUT2D eigenvalue weighted by Gasteiger charge is 2.28. The predicted molar refractivity (Wildman–Crippen MR) is 76.2 cm³/mol. The number of carboxylic acid groups (broad SMARTS) is 1. The maximum absolute atomic E-state index is 11.0. The minimum absolute atomic E-state index is 0.0571. The van der Waals surface area contributed by atoms with Crippen LogP contribution >= 0.6 is 0 Å². The van der Waals surface area contributed by atoms with E-state index >= 15 is 0 Å². The molecule has 0 saturated carbocycles. The Morgan fingerprint density at radius 1 is 1.21 bits per heavy atom. The summed E-state index contributed by atoms with van der Waals surface area (Å²) in [6.45, 7) is 8.20.